The van der Waals surface area contributed by atoms with Gasteiger partial charge in [0.05, 0.1) is 20.3 Å². The van der Waals surface area contributed by atoms with Gasteiger partial charge in [0.25, 0.3) is 5.91 Å². The highest BCUT2D eigenvalue weighted by atomic mass is 16.5. The van der Waals surface area contributed by atoms with Crippen LogP contribution in [0.3, 0.4) is 0 Å². The number of rotatable bonds is 8. The van der Waals surface area contributed by atoms with E-state index in [2.05, 4.69) is 28.1 Å². The van der Waals surface area contributed by atoms with Crippen LogP contribution in [0.4, 0.5) is 0 Å². The zero-order valence-electron chi connectivity index (χ0n) is 17.6. The number of hydrogen-bond acceptors (Lipinski definition) is 5. The molecule has 1 N–H and O–H groups in total. The molecule has 1 heterocycles. The van der Waals surface area contributed by atoms with Gasteiger partial charge in [0.2, 0.25) is 0 Å². The lowest BCUT2D eigenvalue weighted by Crippen LogP contribution is -2.49. The Labute approximate surface area is 173 Å². The Morgan fingerprint density at radius 1 is 1.03 bits per heavy atom. The van der Waals surface area contributed by atoms with Gasteiger partial charge >= 0.3 is 0 Å². The second-order valence-corrected chi connectivity index (χ2v) is 7.17. The van der Waals surface area contributed by atoms with Crippen molar-refractivity contribution in [3.05, 3.63) is 59.7 Å². The summed E-state index contributed by atoms with van der Waals surface area (Å²) < 4.78 is 10.9. The summed E-state index contributed by atoms with van der Waals surface area (Å²) in [6, 6.07) is 15.3. The van der Waals surface area contributed by atoms with Crippen LogP contribution in [-0.4, -0.2) is 69.2 Å². The first-order valence-electron chi connectivity index (χ1n) is 10.2. The van der Waals surface area contributed by atoms with E-state index in [1.54, 1.807) is 26.4 Å². The molecule has 1 saturated heterocycles. The number of para-hydroxylation sites is 1. The van der Waals surface area contributed by atoms with Gasteiger partial charge in [-0.25, -0.2) is 0 Å². The monoisotopic (exact) mass is 397 g/mol. The first-order valence-corrected chi connectivity index (χ1v) is 10.2. The van der Waals surface area contributed by atoms with Crippen molar-refractivity contribution in [2.75, 3.05) is 53.5 Å². The van der Waals surface area contributed by atoms with Gasteiger partial charge in [0, 0.05) is 43.9 Å². The van der Waals surface area contributed by atoms with Crippen LogP contribution in [-0.2, 0) is 0 Å². The predicted molar refractivity (Wildman–Crippen MR) is 115 cm³/mol. The molecule has 0 radical (unpaired) electrons. The Kier molecular flexibility index (Phi) is 7.49. The molecule has 1 amide bonds. The van der Waals surface area contributed by atoms with Crippen LogP contribution in [0.1, 0.15) is 28.9 Å². The molecule has 3 rings (SSSR count). The van der Waals surface area contributed by atoms with Crippen molar-refractivity contribution in [3.8, 4) is 11.5 Å². The highest BCUT2D eigenvalue weighted by Gasteiger charge is 2.27. The van der Waals surface area contributed by atoms with Gasteiger partial charge in [-0.3, -0.25) is 9.69 Å². The molecule has 1 aliphatic rings. The SMILES string of the molecule is CCN1CCN(C(CNC(=O)c2cccc(OC)c2)c2ccccc2OC)CC1. The Morgan fingerprint density at radius 3 is 2.48 bits per heavy atom. The second-order valence-electron chi connectivity index (χ2n) is 7.17. The standard InChI is InChI=1S/C23H31N3O3/c1-4-25-12-14-26(15-13-25)21(20-10-5-6-11-22(20)29-3)17-24-23(27)18-8-7-9-19(16-18)28-2/h5-11,16,21H,4,12-15,17H2,1-3H3,(H,24,27). The molecule has 1 atom stereocenters. The van der Waals surface area contributed by atoms with E-state index in [9.17, 15) is 4.79 Å². The summed E-state index contributed by atoms with van der Waals surface area (Å²) in [5.41, 5.74) is 1.70. The van der Waals surface area contributed by atoms with E-state index in [1.165, 1.54) is 0 Å². The van der Waals surface area contributed by atoms with E-state index in [1.807, 2.05) is 30.3 Å². The number of benzene rings is 2. The summed E-state index contributed by atoms with van der Waals surface area (Å²) in [5.74, 6) is 1.43. The summed E-state index contributed by atoms with van der Waals surface area (Å²) >= 11 is 0. The highest BCUT2D eigenvalue weighted by molar-refractivity contribution is 5.94. The quantitative estimate of drug-likeness (QED) is 0.742. The average molecular weight is 398 g/mol. The molecule has 0 aromatic heterocycles. The third-order valence-corrected chi connectivity index (χ3v) is 5.58. The molecular weight excluding hydrogens is 366 g/mol. The summed E-state index contributed by atoms with van der Waals surface area (Å²) in [6.45, 7) is 7.78. The fourth-order valence-corrected chi connectivity index (χ4v) is 3.82. The summed E-state index contributed by atoms with van der Waals surface area (Å²) in [4.78, 5) is 17.6. The normalized spacial score (nSPS) is 16.2. The lowest BCUT2D eigenvalue weighted by molar-refractivity contribution is 0.0850. The molecular formula is C23H31N3O3. The van der Waals surface area contributed by atoms with Gasteiger partial charge in [0.1, 0.15) is 11.5 Å². The minimum atomic E-state index is -0.101. The molecule has 1 fully saturated rings. The third-order valence-electron chi connectivity index (χ3n) is 5.58. The van der Waals surface area contributed by atoms with Crippen LogP contribution in [0.25, 0.3) is 0 Å². The number of nitrogens with zero attached hydrogens (tertiary/aromatic N) is 2. The Bertz CT molecular complexity index is 803. The van der Waals surface area contributed by atoms with Gasteiger partial charge in [-0.2, -0.15) is 0 Å². The fourth-order valence-electron chi connectivity index (χ4n) is 3.82. The first-order chi connectivity index (χ1) is 14.2. The van der Waals surface area contributed by atoms with Crippen molar-refractivity contribution < 1.29 is 14.3 Å². The van der Waals surface area contributed by atoms with Crippen molar-refractivity contribution in [2.45, 2.75) is 13.0 Å². The number of carbonyl (C=O) groups excluding carboxylic acids is 1. The molecule has 2 aromatic carbocycles. The fraction of sp³-hybridized carbons (Fsp3) is 0.435. The van der Waals surface area contributed by atoms with Gasteiger partial charge in [0.15, 0.2) is 0 Å². The molecule has 0 saturated carbocycles. The number of amides is 1. The molecule has 156 valence electrons. The van der Waals surface area contributed by atoms with E-state index in [-0.39, 0.29) is 11.9 Å². The predicted octanol–water partition coefficient (Wildman–Crippen LogP) is 2.81. The van der Waals surface area contributed by atoms with E-state index in [0.717, 1.165) is 44.0 Å². The number of piperazine rings is 1. The van der Waals surface area contributed by atoms with Crippen LogP contribution >= 0.6 is 0 Å². The second kappa shape index (κ2) is 10.3. The number of likely N-dealkylation sites (N-methyl/N-ethyl adjacent to an activating group) is 1. The van der Waals surface area contributed by atoms with Gasteiger partial charge in [-0.15, -0.1) is 0 Å². The lowest BCUT2D eigenvalue weighted by Gasteiger charge is -2.39. The topological polar surface area (TPSA) is 54.0 Å². The number of carbonyl (C=O) groups is 1. The van der Waals surface area contributed by atoms with E-state index in [4.69, 9.17) is 9.47 Å². The third kappa shape index (κ3) is 5.28. The summed E-state index contributed by atoms with van der Waals surface area (Å²) in [6.07, 6.45) is 0. The van der Waals surface area contributed by atoms with Crippen LogP contribution in [0, 0.1) is 0 Å². The maximum atomic E-state index is 12.8. The highest BCUT2D eigenvalue weighted by Crippen LogP contribution is 2.29. The van der Waals surface area contributed by atoms with Crippen LogP contribution in [0.5, 0.6) is 11.5 Å². The van der Waals surface area contributed by atoms with Crippen LogP contribution in [0.15, 0.2) is 48.5 Å². The van der Waals surface area contributed by atoms with E-state index < -0.39 is 0 Å². The molecule has 29 heavy (non-hydrogen) atoms. The smallest absolute Gasteiger partial charge is 0.251 e. The molecule has 0 bridgehead atoms. The Hall–Kier alpha value is -2.57. The van der Waals surface area contributed by atoms with Crippen molar-refractivity contribution in [1.29, 1.82) is 0 Å². The van der Waals surface area contributed by atoms with Crippen molar-refractivity contribution in [2.24, 2.45) is 0 Å². The zero-order valence-corrected chi connectivity index (χ0v) is 17.6. The molecule has 0 aliphatic carbocycles. The molecule has 2 aromatic rings. The van der Waals surface area contributed by atoms with Gasteiger partial charge in [-0.1, -0.05) is 31.2 Å². The van der Waals surface area contributed by atoms with E-state index >= 15 is 0 Å². The van der Waals surface area contributed by atoms with Crippen molar-refractivity contribution >= 4 is 5.91 Å². The molecule has 1 aliphatic heterocycles. The molecule has 6 heteroatoms. The van der Waals surface area contributed by atoms with Crippen molar-refractivity contribution in [1.82, 2.24) is 15.1 Å². The summed E-state index contributed by atoms with van der Waals surface area (Å²) in [5, 5.41) is 3.12. The maximum Gasteiger partial charge on any atom is 0.251 e. The molecule has 6 nitrogen and oxygen atoms in total. The maximum absolute atomic E-state index is 12.8. The number of methoxy groups -OCH3 is 2. The number of hydrogen-bond donors (Lipinski definition) is 1. The molecule has 0 spiro atoms. The van der Waals surface area contributed by atoms with E-state index in [0.29, 0.717) is 17.9 Å². The lowest BCUT2D eigenvalue weighted by atomic mass is 10.0. The first kappa shape index (κ1) is 21.1. The van der Waals surface area contributed by atoms with Crippen LogP contribution in [0.2, 0.25) is 0 Å². The zero-order chi connectivity index (χ0) is 20.6. The number of ether oxygens (including phenoxy) is 2. The Morgan fingerprint density at radius 2 is 1.79 bits per heavy atom. The minimum Gasteiger partial charge on any atom is -0.497 e. The van der Waals surface area contributed by atoms with Crippen molar-refractivity contribution in [3.63, 3.8) is 0 Å². The van der Waals surface area contributed by atoms with Gasteiger partial charge < -0.3 is 19.7 Å². The summed E-state index contributed by atoms with van der Waals surface area (Å²) in [7, 11) is 3.30. The average Bonchev–Trinajstić information content (AvgIpc) is 2.79. The van der Waals surface area contributed by atoms with Gasteiger partial charge in [-0.05, 0) is 30.8 Å². The largest absolute Gasteiger partial charge is 0.497 e. The number of nitrogens with one attached hydrogen (secondary N) is 1. The Balaban J connectivity index is 1.77. The minimum absolute atomic E-state index is 0.0553. The van der Waals surface area contributed by atoms with Crippen LogP contribution < -0.4 is 14.8 Å². The molecule has 1 unspecified atom stereocenters.